The van der Waals surface area contributed by atoms with Crippen molar-refractivity contribution in [3.8, 4) is 0 Å². The van der Waals surface area contributed by atoms with E-state index in [2.05, 4.69) is 36.5 Å². The van der Waals surface area contributed by atoms with Gasteiger partial charge in [-0.25, -0.2) is 0 Å². The summed E-state index contributed by atoms with van der Waals surface area (Å²) in [6.45, 7) is 3.30. The van der Waals surface area contributed by atoms with Crippen LogP contribution in [0.3, 0.4) is 0 Å². The Morgan fingerprint density at radius 2 is 1.67 bits per heavy atom. The summed E-state index contributed by atoms with van der Waals surface area (Å²) >= 11 is 0. The van der Waals surface area contributed by atoms with Gasteiger partial charge in [0.05, 0.1) is 0 Å². The Balaban J connectivity index is 1.64. The Kier molecular flexibility index (Phi) is 5.35. The zero-order chi connectivity index (χ0) is 14.5. The number of rotatable bonds is 6. The van der Waals surface area contributed by atoms with Crippen LogP contribution < -0.4 is 5.32 Å². The average molecular weight is 285 g/mol. The maximum Gasteiger partial charge on any atom is 0.0322 e. The summed E-state index contributed by atoms with van der Waals surface area (Å²) in [7, 11) is 0. The molecule has 1 atom stereocenters. The van der Waals surface area contributed by atoms with Gasteiger partial charge in [-0.2, -0.15) is 0 Å². The lowest BCUT2D eigenvalue weighted by molar-refractivity contribution is 0.301. The van der Waals surface area contributed by atoms with E-state index in [1.54, 1.807) is 5.56 Å². The van der Waals surface area contributed by atoms with Crippen LogP contribution in [0.25, 0.3) is 0 Å². The van der Waals surface area contributed by atoms with Gasteiger partial charge >= 0.3 is 0 Å². The fraction of sp³-hybridized carbons (Fsp3) is 0.700. The number of hydrogen-bond acceptors (Lipinski definition) is 1. The molecule has 116 valence electrons. The van der Waals surface area contributed by atoms with Crippen LogP contribution >= 0.6 is 0 Å². The molecule has 2 saturated carbocycles. The van der Waals surface area contributed by atoms with Crippen LogP contribution in [-0.2, 0) is 0 Å². The molecule has 1 aromatic carbocycles. The van der Waals surface area contributed by atoms with Crippen LogP contribution in [0.4, 0.5) is 0 Å². The van der Waals surface area contributed by atoms with Crippen molar-refractivity contribution in [2.75, 3.05) is 6.54 Å². The van der Waals surface area contributed by atoms with Crippen molar-refractivity contribution in [3.63, 3.8) is 0 Å². The number of hydrogen-bond donors (Lipinski definition) is 1. The van der Waals surface area contributed by atoms with Crippen LogP contribution in [0, 0.1) is 5.92 Å². The van der Waals surface area contributed by atoms with E-state index in [9.17, 15) is 0 Å². The molecule has 1 aromatic rings. The fourth-order valence-corrected chi connectivity index (χ4v) is 4.08. The highest BCUT2D eigenvalue weighted by Crippen LogP contribution is 2.37. The summed E-state index contributed by atoms with van der Waals surface area (Å²) in [5.41, 5.74) is 3.07. The molecule has 0 spiro atoms. The minimum absolute atomic E-state index is 0.563. The zero-order valence-corrected chi connectivity index (χ0v) is 13.6. The van der Waals surface area contributed by atoms with Crippen LogP contribution in [0.2, 0.25) is 0 Å². The molecule has 0 aliphatic heterocycles. The van der Waals surface area contributed by atoms with E-state index in [0.29, 0.717) is 6.04 Å². The molecule has 2 aliphatic rings. The summed E-state index contributed by atoms with van der Waals surface area (Å²) < 4.78 is 0. The highest BCUT2D eigenvalue weighted by Gasteiger charge is 2.22. The van der Waals surface area contributed by atoms with Crippen molar-refractivity contribution < 1.29 is 0 Å². The summed E-state index contributed by atoms with van der Waals surface area (Å²) in [5.74, 6) is 1.80. The third-order valence-electron chi connectivity index (χ3n) is 5.66. The molecule has 2 aliphatic carbocycles. The van der Waals surface area contributed by atoms with E-state index in [4.69, 9.17) is 0 Å². The van der Waals surface area contributed by atoms with E-state index in [1.807, 2.05) is 0 Å². The first-order valence-electron chi connectivity index (χ1n) is 9.20. The quantitative estimate of drug-likeness (QED) is 0.720. The molecule has 0 saturated heterocycles. The lowest BCUT2D eigenvalue weighted by atomic mass is 9.79. The maximum atomic E-state index is 3.72. The van der Waals surface area contributed by atoms with Crippen molar-refractivity contribution >= 4 is 0 Å². The van der Waals surface area contributed by atoms with Crippen molar-refractivity contribution in [3.05, 3.63) is 35.4 Å². The highest BCUT2D eigenvalue weighted by molar-refractivity contribution is 5.28. The normalized spacial score (nSPS) is 22.0. The van der Waals surface area contributed by atoms with Gasteiger partial charge in [0, 0.05) is 6.04 Å². The van der Waals surface area contributed by atoms with Gasteiger partial charge < -0.3 is 5.32 Å². The van der Waals surface area contributed by atoms with Crippen LogP contribution in [0.1, 0.15) is 87.8 Å². The van der Waals surface area contributed by atoms with Gasteiger partial charge in [-0.05, 0) is 48.8 Å². The van der Waals surface area contributed by atoms with Crippen molar-refractivity contribution in [1.29, 1.82) is 0 Å². The van der Waals surface area contributed by atoms with Crippen molar-refractivity contribution in [1.82, 2.24) is 5.32 Å². The first-order chi connectivity index (χ1) is 10.4. The molecule has 0 radical (unpaired) electrons. The third-order valence-corrected chi connectivity index (χ3v) is 5.66. The molecule has 21 heavy (non-hydrogen) atoms. The predicted octanol–water partition coefficient (Wildman–Crippen LogP) is 5.58. The van der Waals surface area contributed by atoms with E-state index in [0.717, 1.165) is 18.4 Å². The standard InChI is InChI=1S/C20H31N/c1-2-21-20(15-16-7-4-3-5-8-16)19-13-11-18(12-14-19)17-9-6-10-17/h11-14,16-17,20-21H,2-10,15H2,1H3. The minimum atomic E-state index is 0.563. The molecule has 1 unspecified atom stereocenters. The Morgan fingerprint density at radius 3 is 2.24 bits per heavy atom. The van der Waals surface area contributed by atoms with Gasteiger partial charge in [0.15, 0.2) is 0 Å². The molecule has 0 heterocycles. The number of benzene rings is 1. The minimum Gasteiger partial charge on any atom is -0.310 e. The molecule has 3 rings (SSSR count). The monoisotopic (exact) mass is 285 g/mol. The molecular formula is C20H31N. The summed E-state index contributed by atoms with van der Waals surface area (Å²) in [5, 5.41) is 3.72. The van der Waals surface area contributed by atoms with Crippen LogP contribution in [0.15, 0.2) is 24.3 Å². The topological polar surface area (TPSA) is 12.0 Å². The highest BCUT2D eigenvalue weighted by atomic mass is 14.9. The lowest BCUT2D eigenvalue weighted by Crippen LogP contribution is -2.24. The van der Waals surface area contributed by atoms with Gasteiger partial charge in [0.2, 0.25) is 0 Å². The maximum absolute atomic E-state index is 3.72. The first kappa shape index (κ1) is 15.1. The van der Waals surface area contributed by atoms with Gasteiger partial charge in [-0.3, -0.25) is 0 Å². The van der Waals surface area contributed by atoms with E-state index in [-0.39, 0.29) is 0 Å². The van der Waals surface area contributed by atoms with Gasteiger partial charge in [-0.15, -0.1) is 0 Å². The second kappa shape index (κ2) is 7.45. The Bertz CT molecular complexity index is 412. The summed E-state index contributed by atoms with van der Waals surface area (Å²) in [6, 6.07) is 10.1. The second-order valence-corrected chi connectivity index (χ2v) is 7.14. The van der Waals surface area contributed by atoms with E-state index >= 15 is 0 Å². The molecule has 1 heteroatoms. The van der Waals surface area contributed by atoms with Crippen LogP contribution in [-0.4, -0.2) is 6.54 Å². The fourth-order valence-electron chi connectivity index (χ4n) is 4.08. The average Bonchev–Trinajstić information content (AvgIpc) is 2.47. The zero-order valence-electron chi connectivity index (χ0n) is 13.6. The molecule has 0 amide bonds. The Labute approximate surface area is 130 Å². The molecule has 2 fully saturated rings. The Morgan fingerprint density at radius 1 is 0.952 bits per heavy atom. The van der Waals surface area contributed by atoms with Gasteiger partial charge in [0.25, 0.3) is 0 Å². The molecule has 1 N–H and O–H groups in total. The Hall–Kier alpha value is -0.820. The van der Waals surface area contributed by atoms with E-state index < -0.39 is 0 Å². The smallest absolute Gasteiger partial charge is 0.0322 e. The predicted molar refractivity (Wildman–Crippen MR) is 90.6 cm³/mol. The van der Waals surface area contributed by atoms with Gasteiger partial charge in [0.1, 0.15) is 0 Å². The number of nitrogens with one attached hydrogen (secondary N) is 1. The third kappa shape index (κ3) is 3.88. The second-order valence-electron chi connectivity index (χ2n) is 7.14. The lowest BCUT2D eigenvalue weighted by Gasteiger charge is -2.29. The van der Waals surface area contributed by atoms with Crippen LogP contribution in [0.5, 0.6) is 0 Å². The summed E-state index contributed by atoms with van der Waals surface area (Å²) in [4.78, 5) is 0. The van der Waals surface area contributed by atoms with Crippen molar-refractivity contribution in [2.45, 2.75) is 76.7 Å². The molecular weight excluding hydrogens is 254 g/mol. The largest absolute Gasteiger partial charge is 0.310 e. The summed E-state index contributed by atoms with van der Waals surface area (Å²) in [6.07, 6.45) is 12.8. The SMILES string of the molecule is CCNC(CC1CCCCC1)c1ccc(C2CCC2)cc1. The van der Waals surface area contributed by atoms with Crippen molar-refractivity contribution in [2.24, 2.45) is 5.92 Å². The van der Waals surface area contributed by atoms with Gasteiger partial charge in [-0.1, -0.05) is 69.7 Å². The molecule has 0 bridgehead atoms. The molecule has 1 nitrogen and oxygen atoms in total. The molecule has 0 aromatic heterocycles. The first-order valence-corrected chi connectivity index (χ1v) is 9.20. The van der Waals surface area contributed by atoms with E-state index in [1.165, 1.54) is 63.4 Å².